The Morgan fingerprint density at radius 2 is 2.17 bits per heavy atom. The summed E-state index contributed by atoms with van der Waals surface area (Å²) in [6, 6.07) is 0. The van der Waals surface area contributed by atoms with E-state index in [0.29, 0.717) is 19.8 Å². The highest BCUT2D eigenvalue weighted by molar-refractivity contribution is 8.00. The van der Waals surface area contributed by atoms with Gasteiger partial charge in [-0.25, -0.2) is 0 Å². The molecule has 7 nitrogen and oxygen atoms in total. The fourth-order valence-electron chi connectivity index (χ4n) is 2.09. The Morgan fingerprint density at radius 3 is 2.87 bits per heavy atom. The third-order valence-electron chi connectivity index (χ3n) is 3.25. The maximum Gasteiger partial charge on any atom is 0.242 e. The van der Waals surface area contributed by atoms with Crippen LogP contribution in [0.4, 0.5) is 0 Å². The Labute approximate surface area is 143 Å². The van der Waals surface area contributed by atoms with Crippen molar-refractivity contribution < 1.29 is 19.1 Å². The number of hydrogen-bond donors (Lipinski definition) is 2. The number of carbonyl (C=O) groups excluding carboxylic acids is 3. The molecule has 23 heavy (non-hydrogen) atoms. The van der Waals surface area contributed by atoms with Crippen LogP contribution >= 0.6 is 21.2 Å². The molecular formula is C14H26N3O4PS. The molecule has 1 heterocycles. The number of carbonyl (C=O) groups is 3. The summed E-state index contributed by atoms with van der Waals surface area (Å²) in [4.78, 5) is 37.0. The first-order chi connectivity index (χ1) is 11.1. The number of thioether (sulfide) groups is 1. The van der Waals surface area contributed by atoms with Crippen LogP contribution in [0.15, 0.2) is 0 Å². The minimum absolute atomic E-state index is 0.135. The quantitative estimate of drug-likeness (QED) is 0.292. The number of amides is 3. The van der Waals surface area contributed by atoms with Gasteiger partial charge in [-0.3, -0.25) is 24.4 Å². The number of hydrogen-bond acceptors (Lipinski definition) is 6. The predicted molar refractivity (Wildman–Crippen MR) is 94.0 cm³/mol. The van der Waals surface area contributed by atoms with Gasteiger partial charge in [0.05, 0.1) is 11.9 Å². The minimum atomic E-state index is -0.314. The molecule has 1 fully saturated rings. The fourth-order valence-corrected chi connectivity index (χ4v) is 3.49. The van der Waals surface area contributed by atoms with E-state index in [4.69, 9.17) is 4.74 Å². The molecule has 0 spiro atoms. The van der Waals surface area contributed by atoms with Crippen molar-refractivity contribution in [2.24, 2.45) is 0 Å². The molecule has 132 valence electrons. The summed E-state index contributed by atoms with van der Waals surface area (Å²) >= 11 is 1.47. The van der Waals surface area contributed by atoms with Crippen LogP contribution in [0.3, 0.4) is 0 Å². The molecule has 0 saturated carbocycles. The number of nitrogens with zero attached hydrogens (tertiary/aromatic N) is 1. The molecular weight excluding hydrogens is 337 g/mol. The zero-order valence-electron chi connectivity index (χ0n) is 13.5. The van der Waals surface area contributed by atoms with E-state index in [1.54, 1.807) is 0 Å². The van der Waals surface area contributed by atoms with Gasteiger partial charge < -0.3 is 10.1 Å². The third kappa shape index (κ3) is 7.61. The van der Waals surface area contributed by atoms with Crippen LogP contribution in [-0.4, -0.2) is 66.5 Å². The van der Waals surface area contributed by atoms with Crippen LogP contribution in [0.5, 0.6) is 0 Å². The van der Waals surface area contributed by atoms with Gasteiger partial charge in [0.25, 0.3) is 0 Å². The second-order valence-corrected chi connectivity index (χ2v) is 6.83. The molecule has 3 amide bonds. The van der Waals surface area contributed by atoms with E-state index in [1.807, 2.05) is 6.92 Å². The van der Waals surface area contributed by atoms with Gasteiger partial charge in [-0.05, 0) is 6.42 Å². The summed E-state index contributed by atoms with van der Waals surface area (Å²) in [6.45, 7) is 4.53. The molecule has 0 aliphatic carbocycles. The van der Waals surface area contributed by atoms with E-state index in [2.05, 4.69) is 19.8 Å². The Kier molecular flexibility index (Phi) is 10.4. The second-order valence-electron chi connectivity index (χ2n) is 5.11. The molecule has 1 saturated heterocycles. The molecule has 0 aromatic heterocycles. The standard InChI is InChI=1S/C14H26N3O4PS/c1-2-7-21-8-4-15-12(18)3-6-17-13(19)10-11(14(17)20)23-9-5-16-22/h11,16H,2-10,22H2,1H3,(H,15,18). The molecule has 2 atom stereocenters. The lowest BCUT2D eigenvalue weighted by molar-refractivity contribution is -0.138. The zero-order chi connectivity index (χ0) is 17.1. The van der Waals surface area contributed by atoms with Crippen molar-refractivity contribution in [2.75, 3.05) is 38.6 Å². The van der Waals surface area contributed by atoms with E-state index >= 15 is 0 Å². The van der Waals surface area contributed by atoms with E-state index in [0.717, 1.165) is 18.7 Å². The van der Waals surface area contributed by atoms with Crippen molar-refractivity contribution in [3.8, 4) is 0 Å². The fraction of sp³-hybridized carbons (Fsp3) is 0.786. The number of rotatable bonds is 12. The Morgan fingerprint density at radius 1 is 1.39 bits per heavy atom. The number of ether oxygens (including phenoxy) is 1. The average molecular weight is 363 g/mol. The summed E-state index contributed by atoms with van der Waals surface area (Å²) in [5.41, 5.74) is 0. The van der Waals surface area contributed by atoms with Crippen molar-refractivity contribution in [2.45, 2.75) is 31.4 Å². The molecule has 0 aromatic rings. The summed E-state index contributed by atoms with van der Waals surface area (Å²) in [5, 5.41) is 5.33. The molecule has 2 unspecified atom stereocenters. The normalized spacial score (nSPS) is 17.8. The summed E-state index contributed by atoms with van der Waals surface area (Å²) < 4.78 is 5.26. The smallest absolute Gasteiger partial charge is 0.242 e. The highest BCUT2D eigenvalue weighted by atomic mass is 32.2. The largest absolute Gasteiger partial charge is 0.380 e. The first-order valence-electron chi connectivity index (χ1n) is 7.83. The lowest BCUT2D eigenvalue weighted by Crippen LogP contribution is -2.36. The van der Waals surface area contributed by atoms with Gasteiger partial charge in [-0.15, -0.1) is 11.8 Å². The lowest BCUT2D eigenvalue weighted by Gasteiger charge is -2.14. The molecule has 1 aliphatic rings. The van der Waals surface area contributed by atoms with Crippen molar-refractivity contribution in [1.29, 1.82) is 0 Å². The summed E-state index contributed by atoms with van der Waals surface area (Å²) in [5.74, 6) is 0.224. The van der Waals surface area contributed by atoms with Gasteiger partial charge in [-0.1, -0.05) is 16.3 Å². The Hall–Kier alpha value is -0.690. The third-order valence-corrected chi connectivity index (χ3v) is 4.75. The molecule has 0 radical (unpaired) electrons. The van der Waals surface area contributed by atoms with Gasteiger partial charge in [0, 0.05) is 44.8 Å². The number of likely N-dealkylation sites (tertiary alicyclic amines) is 1. The molecule has 1 aliphatic heterocycles. The maximum atomic E-state index is 12.2. The summed E-state index contributed by atoms with van der Waals surface area (Å²) in [6.07, 6.45) is 1.31. The van der Waals surface area contributed by atoms with Gasteiger partial charge >= 0.3 is 0 Å². The van der Waals surface area contributed by atoms with E-state index in [-0.39, 0.29) is 42.4 Å². The molecule has 2 N–H and O–H groups in total. The van der Waals surface area contributed by atoms with Gasteiger partial charge in [0.1, 0.15) is 0 Å². The molecule has 9 heteroatoms. The number of nitrogens with one attached hydrogen (secondary N) is 2. The SMILES string of the molecule is CCCOCCNC(=O)CCN1C(=O)CC(SCCNP)C1=O. The first kappa shape index (κ1) is 20.4. The Bertz CT molecular complexity index is 411. The predicted octanol–water partition coefficient (Wildman–Crippen LogP) is 0.160. The van der Waals surface area contributed by atoms with E-state index < -0.39 is 0 Å². The Balaban J connectivity index is 2.24. The van der Waals surface area contributed by atoms with Crippen LogP contribution in [0, 0.1) is 0 Å². The average Bonchev–Trinajstić information content (AvgIpc) is 2.79. The van der Waals surface area contributed by atoms with Crippen molar-refractivity contribution >= 4 is 38.9 Å². The van der Waals surface area contributed by atoms with Gasteiger partial charge in [0.2, 0.25) is 17.7 Å². The van der Waals surface area contributed by atoms with E-state index in [9.17, 15) is 14.4 Å². The van der Waals surface area contributed by atoms with Gasteiger partial charge in [-0.2, -0.15) is 0 Å². The topological polar surface area (TPSA) is 87.7 Å². The lowest BCUT2D eigenvalue weighted by atomic mass is 10.3. The van der Waals surface area contributed by atoms with Crippen LogP contribution < -0.4 is 10.4 Å². The van der Waals surface area contributed by atoms with Crippen molar-refractivity contribution in [1.82, 2.24) is 15.3 Å². The molecule has 1 rings (SSSR count). The minimum Gasteiger partial charge on any atom is -0.380 e. The van der Waals surface area contributed by atoms with Gasteiger partial charge in [0.15, 0.2) is 0 Å². The van der Waals surface area contributed by atoms with Crippen LogP contribution in [0.1, 0.15) is 26.2 Å². The van der Waals surface area contributed by atoms with E-state index in [1.165, 1.54) is 16.7 Å². The highest BCUT2D eigenvalue weighted by Gasteiger charge is 2.38. The second kappa shape index (κ2) is 11.8. The maximum absolute atomic E-state index is 12.2. The highest BCUT2D eigenvalue weighted by Crippen LogP contribution is 2.24. The van der Waals surface area contributed by atoms with Crippen molar-refractivity contribution in [3.05, 3.63) is 0 Å². The molecule has 0 bridgehead atoms. The monoisotopic (exact) mass is 363 g/mol. The van der Waals surface area contributed by atoms with Crippen LogP contribution in [-0.2, 0) is 19.1 Å². The van der Waals surface area contributed by atoms with Crippen LogP contribution in [0.25, 0.3) is 0 Å². The molecule has 0 aromatic carbocycles. The zero-order valence-corrected chi connectivity index (χ0v) is 15.5. The van der Waals surface area contributed by atoms with Crippen LogP contribution in [0.2, 0.25) is 0 Å². The first-order valence-corrected chi connectivity index (χ1v) is 9.46. The van der Waals surface area contributed by atoms with Crippen molar-refractivity contribution in [3.63, 3.8) is 0 Å². The number of imide groups is 1. The summed E-state index contributed by atoms with van der Waals surface area (Å²) in [7, 11) is 2.40.